The van der Waals surface area contributed by atoms with Crippen LogP contribution in [0.15, 0.2) is 54.6 Å². The molecule has 1 aliphatic rings. The van der Waals surface area contributed by atoms with Crippen LogP contribution in [0.3, 0.4) is 0 Å². The maximum absolute atomic E-state index is 10.9. The predicted octanol–water partition coefficient (Wildman–Crippen LogP) is 3.15. The number of hydrogen-bond acceptors (Lipinski definition) is 2. The fraction of sp³-hybridized carbons (Fsp3) is 0.250. The van der Waals surface area contributed by atoms with Gasteiger partial charge in [-0.2, -0.15) is 0 Å². The molecule has 1 N–H and O–H groups in total. The lowest BCUT2D eigenvalue weighted by Crippen LogP contribution is -2.30. The van der Waals surface area contributed by atoms with Crippen LogP contribution in [-0.2, 0) is 16.1 Å². The predicted molar refractivity (Wildman–Crippen MR) is 70.0 cm³/mol. The lowest BCUT2D eigenvalue weighted by molar-refractivity contribution is -0.222. The molecular formula is C16H16O2. The molecule has 2 nitrogen and oxygen atoms in total. The van der Waals surface area contributed by atoms with Crippen molar-refractivity contribution in [3.8, 4) is 0 Å². The molecule has 0 aliphatic carbocycles. The Morgan fingerprint density at radius 1 is 0.833 bits per heavy atom. The molecule has 0 spiro atoms. The van der Waals surface area contributed by atoms with E-state index >= 15 is 0 Å². The first-order chi connectivity index (χ1) is 8.54. The van der Waals surface area contributed by atoms with Gasteiger partial charge >= 0.3 is 0 Å². The minimum Gasteiger partial charge on any atom is -0.358 e. The van der Waals surface area contributed by atoms with Gasteiger partial charge in [-0.3, -0.25) is 0 Å². The summed E-state index contributed by atoms with van der Waals surface area (Å²) in [5, 5.41) is 10.9. The van der Waals surface area contributed by atoms with Gasteiger partial charge in [-0.05, 0) is 19.4 Å². The maximum atomic E-state index is 10.9. The number of ether oxygens (including phenoxy) is 1. The topological polar surface area (TPSA) is 29.5 Å². The molecule has 1 unspecified atom stereocenters. The third-order valence-corrected chi connectivity index (χ3v) is 3.51. The summed E-state index contributed by atoms with van der Waals surface area (Å²) in [7, 11) is 0. The number of hydrogen-bond donors (Lipinski definition) is 1. The quantitative estimate of drug-likeness (QED) is 0.829. The molecule has 0 saturated heterocycles. The van der Waals surface area contributed by atoms with Gasteiger partial charge < -0.3 is 9.84 Å². The Balaban J connectivity index is 2.22. The molecule has 1 atom stereocenters. The van der Waals surface area contributed by atoms with Gasteiger partial charge in [0.15, 0.2) is 0 Å². The molecule has 18 heavy (non-hydrogen) atoms. The number of fused-ring (bicyclic) bond motifs is 1. The fourth-order valence-corrected chi connectivity index (χ4v) is 2.66. The Morgan fingerprint density at radius 2 is 1.39 bits per heavy atom. The van der Waals surface area contributed by atoms with E-state index in [1.807, 2.05) is 68.4 Å². The largest absolute Gasteiger partial charge is 0.358 e. The fourth-order valence-electron chi connectivity index (χ4n) is 2.66. The highest BCUT2D eigenvalue weighted by molar-refractivity contribution is 5.44. The second-order valence-electron chi connectivity index (χ2n) is 5.17. The summed E-state index contributed by atoms with van der Waals surface area (Å²) < 4.78 is 5.95. The summed E-state index contributed by atoms with van der Waals surface area (Å²) in [6, 6.07) is 17.4. The first kappa shape index (κ1) is 11.5. The van der Waals surface area contributed by atoms with Crippen LogP contribution in [0, 0.1) is 0 Å². The van der Waals surface area contributed by atoms with Crippen molar-refractivity contribution in [3.63, 3.8) is 0 Å². The highest BCUT2D eigenvalue weighted by Crippen LogP contribution is 2.48. The summed E-state index contributed by atoms with van der Waals surface area (Å²) in [6.45, 7) is 3.96. The SMILES string of the molecule is CC1(C)OC(O)(c2ccccc2)c2ccccc21. The molecule has 1 heterocycles. The van der Waals surface area contributed by atoms with E-state index in [0.29, 0.717) is 0 Å². The Kier molecular flexibility index (Phi) is 2.34. The van der Waals surface area contributed by atoms with E-state index in [1.165, 1.54) is 0 Å². The van der Waals surface area contributed by atoms with Gasteiger partial charge in [-0.25, -0.2) is 0 Å². The molecule has 0 amide bonds. The van der Waals surface area contributed by atoms with Crippen LogP contribution in [-0.4, -0.2) is 5.11 Å². The van der Waals surface area contributed by atoms with Gasteiger partial charge in [0, 0.05) is 11.1 Å². The molecule has 2 aromatic carbocycles. The van der Waals surface area contributed by atoms with Crippen molar-refractivity contribution in [2.75, 3.05) is 0 Å². The second-order valence-corrected chi connectivity index (χ2v) is 5.17. The Bertz CT molecular complexity index is 575. The van der Waals surface area contributed by atoms with Crippen molar-refractivity contribution >= 4 is 0 Å². The van der Waals surface area contributed by atoms with Crippen molar-refractivity contribution in [3.05, 3.63) is 71.3 Å². The molecule has 2 aromatic rings. The number of benzene rings is 2. The molecule has 0 bridgehead atoms. The highest BCUT2D eigenvalue weighted by atomic mass is 16.6. The van der Waals surface area contributed by atoms with Gasteiger partial charge in [0.25, 0.3) is 0 Å². The van der Waals surface area contributed by atoms with Crippen LogP contribution in [0.4, 0.5) is 0 Å². The molecule has 1 aliphatic heterocycles. The van der Waals surface area contributed by atoms with Crippen LogP contribution in [0.5, 0.6) is 0 Å². The lowest BCUT2D eigenvalue weighted by atomic mass is 9.91. The van der Waals surface area contributed by atoms with Crippen LogP contribution in [0.2, 0.25) is 0 Å². The minimum atomic E-state index is -1.35. The van der Waals surface area contributed by atoms with Gasteiger partial charge in [-0.15, -0.1) is 0 Å². The average molecular weight is 240 g/mol. The van der Waals surface area contributed by atoms with Gasteiger partial charge in [0.2, 0.25) is 5.79 Å². The van der Waals surface area contributed by atoms with Gasteiger partial charge in [0.05, 0.1) is 5.60 Å². The number of rotatable bonds is 1. The van der Waals surface area contributed by atoms with Gasteiger partial charge in [-0.1, -0.05) is 54.6 Å². The molecule has 92 valence electrons. The van der Waals surface area contributed by atoms with Crippen molar-refractivity contribution in [2.45, 2.75) is 25.2 Å². The second kappa shape index (κ2) is 3.67. The Labute approximate surface area is 107 Å². The third kappa shape index (κ3) is 1.50. The molecule has 0 aromatic heterocycles. The van der Waals surface area contributed by atoms with Crippen LogP contribution in [0.1, 0.15) is 30.5 Å². The average Bonchev–Trinajstić information content (AvgIpc) is 2.60. The van der Waals surface area contributed by atoms with E-state index in [0.717, 1.165) is 16.7 Å². The van der Waals surface area contributed by atoms with E-state index in [-0.39, 0.29) is 0 Å². The molecule has 2 heteroatoms. The lowest BCUT2D eigenvalue weighted by Gasteiger charge is -2.27. The zero-order chi connectivity index (χ0) is 12.8. The zero-order valence-electron chi connectivity index (χ0n) is 10.6. The van der Waals surface area contributed by atoms with E-state index in [4.69, 9.17) is 4.74 Å². The van der Waals surface area contributed by atoms with E-state index < -0.39 is 11.4 Å². The summed E-state index contributed by atoms with van der Waals surface area (Å²) in [5.41, 5.74) is 2.15. The standard InChI is InChI=1S/C16H16O2/c1-15(2)13-10-6-7-11-14(13)16(17,18-15)12-8-4-3-5-9-12/h3-11,17H,1-2H3. The smallest absolute Gasteiger partial charge is 0.221 e. The van der Waals surface area contributed by atoms with Crippen molar-refractivity contribution in [1.82, 2.24) is 0 Å². The summed E-state index contributed by atoms with van der Waals surface area (Å²) >= 11 is 0. The van der Waals surface area contributed by atoms with E-state index in [9.17, 15) is 5.11 Å². The molecule has 3 rings (SSSR count). The molecular weight excluding hydrogens is 224 g/mol. The van der Waals surface area contributed by atoms with Crippen molar-refractivity contribution in [1.29, 1.82) is 0 Å². The van der Waals surface area contributed by atoms with Crippen LogP contribution < -0.4 is 0 Å². The Hall–Kier alpha value is -1.64. The molecule has 0 saturated carbocycles. The summed E-state index contributed by atoms with van der Waals surface area (Å²) in [6.07, 6.45) is 0. The monoisotopic (exact) mass is 240 g/mol. The molecule has 0 radical (unpaired) electrons. The zero-order valence-corrected chi connectivity index (χ0v) is 10.6. The highest BCUT2D eigenvalue weighted by Gasteiger charge is 2.48. The van der Waals surface area contributed by atoms with E-state index in [1.54, 1.807) is 0 Å². The minimum absolute atomic E-state index is 0.485. The van der Waals surface area contributed by atoms with Crippen molar-refractivity contribution in [2.24, 2.45) is 0 Å². The van der Waals surface area contributed by atoms with Crippen LogP contribution >= 0.6 is 0 Å². The number of aliphatic hydroxyl groups is 1. The van der Waals surface area contributed by atoms with Gasteiger partial charge in [0.1, 0.15) is 0 Å². The van der Waals surface area contributed by atoms with Crippen LogP contribution in [0.25, 0.3) is 0 Å². The summed E-state index contributed by atoms with van der Waals surface area (Å²) in [5.74, 6) is -1.35. The third-order valence-electron chi connectivity index (χ3n) is 3.51. The Morgan fingerprint density at radius 3 is 2.06 bits per heavy atom. The molecule has 0 fully saturated rings. The normalized spacial score (nSPS) is 24.8. The summed E-state index contributed by atoms with van der Waals surface area (Å²) in [4.78, 5) is 0. The maximum Gasteiger partial charge on any atom is 0.221 e. The first-order valence-corrected chi connectivity index (χ1v) is 6.12. The van der Waals surface area contributed by atoms with Crippen molar-refractivity contribution < 1.29 is 9.84 Å². The van der Waals surface area contributed by atoms with E-state index in [2.05, 4.69) is 0 Å². The first-order valence-electron chi connectivity index (χ1n) is 6.12.